The summed E-state index contributed by atoms with van der Waals surface area (Å²) >= 11 is 3.38. The summed E-state index contributed by atoms with van der Waals surface area (Å²) in [5.41, 5.74) is 4.07. The number of hydrogen-bond acceptors (Lipinski definition) is 4. The normalized spacial score (nSPS) is 12.0. The standard InChI is InChI=1S/C14H20BrNO4/c1-3-4-5-6-20-13-10(15)7-9(8-11(13)19-2)12(16)14(17)18/h7-8,12H,3-6,16H2,1-2H3,(H,17,18)/t12-/m1/s1. The lowest BCUT2D eigenvalue weighted by Crippen LogP contribution is -2.61. The van der Waals surface area contributed by atoms with Crippen molar-refractivity contribution in [2.24, 2.45) is 0 Å². The second kappa shape index (κ2) is 8.11. The molecule has 3 N–H and O–H groups in total. The third-order valence-electron chi connectivity index (χ3n) is 2.93. The molecule has 0 saturated heterocycles. The molecule has 1 aromatic rings. The number of carboxylic acids is 1. The molecule has 0 unspecified atom stereocenters. The quantitative estimate of drug-likeness (QED) is 0.713. The number of carboxylic acid groups (broad SMARTS) is 1. The minimum absolute atomic E-state index is 0.487. The number of halogens is 1. The van der Waals surface area contributed by atoms with Gasteiger partial charge in [-0.1, -0.05) is 19.8 Å². The summed E-state index contributed by atoms with van der Waals surface area (Å²) in [5, 5.41) is 10.9. The van der Waals surface area contributed by atoms with Crippen molar-refractivity contribution < 1.29 is 25.1 Å². The number of ether oxygens (including phenoxy) is 2. The van der Waals surface area contributed by atoms with Gasteiger partial charge in [0, 0.05) is 5.56 Å². The Morgan fingerprint density at radius 2 is 2.15 bits per heavy atom. The first-order valence-corrected chi connectivity index (χ1v) is 7.34. The molecule has 1 atom stereocenters. The van der Waals surface area contributed by atoms with E-state index >= 15 is 0 Å². The van der Waals surface area contributed by atoms with Gasteiger partial charge in [0.05, 0.1) is 18.2 Å². The van der Waals surface area contributed by atoms with Crippen LogP contribution in [0.1, 0.15) is 37.8 Å². The Balaban J connectivity index is 2.93. The predicted octanol–water partition coefficient (Wildman–Crippen LogP) is 1.06. The molecule has 1 rings (SSSR count). The molecule has 0 aliphatic carbocycles. The Morgan fingerprint density at radius 3 is 2.70 bits per heavy atom. The summed E-state index contributed by atoms with van der Waals surface area (Å²) in [6, 6.07) is 2.34. The monoisotopic (exact) mass is 345 g/mol. The molecule has 0 aliphatic rings. The largest absolute Gasteiger partial charge is 0.544 e. The van der Waals surface area contributed by atoms with E-state index in [0.29, 0.717) is 28.1 Å². The molecule has 0 bridgehead atoms. The average Bonchev–Trinajstić information content (AvgIpc) is 2.43. The van der Waals surface area contributed by atoms with E-state index in [1.54, 1.807) is 12.1 Å². The van der Waals surface area contributed by atoms with Gasteiger partial charge in [-0.15, -0.1) is 0 Å². The first kappa shape index (κ1) is 16.8. The molecule has 0 radical (unpaired) electrons. The van der Waals surface area contributed by atoms with Crippen molar-refractivity contribution in [1.82, 2.24) is 0 Å². The lowest BCUT2D eigenvalue weighted by atomic mass is 10.1. The van der Waals surface area contributed by atoms with E-state index < -0.39 is 12.0 Å². The fourth-order valence-electron chi connectivity index (χ4n) is 1.74. The smallest absolute Gasteiger partial charge is 0.175 e. The van der Waals surface area contributed by atoms with E-state index in [4.69, 9.17) is 9.47 Å². The number of carbonyl (C=O) groups is 1. The number of hydrogen-bond donors (Lipinski definition) is 1. The minimum Gasteiger partial charge on any atom is -0.544 e. The van der Waals surface area contributed by atoms with Crippen LogP contribution in [-0.2, 0) is 4.79 Å². The van der Waals surface area contributed by atoms with Crippen molar-refractivity contribution in [3.05, 3.63) is 22.2 Å². The SMILES string of the molecule is CCCCCOc1c(Br)cc([C@@H]([NH3+])C(=O)[O-])cc1OC. The second-order valence-corrected chi connectivity index (χ2v) is 5.32. The molecular formula is C14H20BrNO4. The maximum Gasteiger partial charge on any atom is 0.175 e. The third kappa shape index (κ3) is 4.38. The van der Waals surface area contributed by atoms with Crippen LogP contribution >= 0.6 is 15.9 Å². The summed E-state index contributed by atoms with van der Waals surface area (Å²) in [4.78, 5) is 10.9. The Hall–Kier alpha value is -1.27. The van der Waals surface area contributed by atoms with Crippen LogP contribution in [-0.4, -0.2) is 19.7 Å². The van der Waals surface area contributed by atoms with Crippen LogP contribution in [0.15, 0.2) is 16.6 Å². The van der Waals surface area contributed by atoms with E-state index in [9.17, 15) is 9.90 Å². The van der Waals surface area contributed by atoms with Gasteiger partial charge in [0.2, 0.25) is 0 Å². The summed E-state index contributed by atoms with van der Waals surface area (Å²) in [7, 11) is 1.52. The van der Waals surface area contributed by atoms with Crippen molar-refractivity contribution in [2.75, 3.05) is 13.7 Å². The van der Waals surface area contributed by atoms with Gasteiger partial charge >= 0.3 is 0 Å². The molecule has 0 aliphatic heterocycles. The zero-order valence-corrected chi connectivity index (χ0v) is 13.4. The van der Waals surface area contributed by atoms with Gasteiger partial charge in [0.1, 0.15) is 5.97 Å². The number of carbonyl (C=O) groups excluding carboxylic acids is 1. The molecule has 20 heavy (non-hydrogen) atoms. The fraction of sp³-hybridized carbons (Fsp3) is 0.500. The number of unbranched alkanes of at least 4 members (excludes halogenated alkanes) is 2. The highest BCUT2D eigenvalue weighted by atomic mass is 79.9. The molecular weight excluding hydrogens is 326 g/mol. The highest BCUT2D eigenvalue weighted by Crippen LogP contribution is 2.37. The van der Waals surface area contributed by atoms with Crippen LogP contribution in [0, 0.1) is 0 Å². The van der Waals surface area contributed by atoms with Crippen molar-refractivity contribution in [1.29, 1.82) is 0 Å². The molecule has 0 saturated carbocycles. The van der Waals surface area contributed by atoms with Crippen LogP contribution in [0.2, 0.25) is 0 Å². The van der Waals surface area contributed by atoms with Gasteiger partial charge in [-0.2, -0.15) is 0 Å². The molecule has 0 spiro atoms. The van der Waals surface area contributed by atoms with Crippen LogP contribution in [0.5, 0.6) is 11.5 Å². The number of aliphatic carboxylic acids is 1. The van der Waals surface area contributed by atoms with E-state index in [2.05, 4.69) is 28.6 Å². The topological polar surface area (TPSA) is 86.2 Å². The number of benzene rings is 1. The molecule has 1 aromatic carbocycles. The van der Waals surface area contributed by atoms with Gasteiger partial charge in [0.25, 0.3) is 0 Å². The molecule has 5 nitrogen and oxygen atoms in total. The Morgan fingerprint density at radius 1 is 1.45 bits per heavy atom. The third-order valence-corrected chi connectivity index (χ3v) is 3.52. The lowest BCUT2D eigenvalue weighted by molar-refractivity contribution is -0.443. The summed E-state index contributed by atoms with van der Waals surface area (Å²) in [5.74, 6) is -0.158. The molecule has 0 aromatic heterocycles. The van der Waals surface area contributed by atoms with Crippen molar-refractivity contribution in [3.8, 4) is 11.5 Å². The maximum atomic E-state index is 10.9. The predicted molar refractivity (Wildman–Crippen MR) is 76.4 cm³/mol. The summed E-state index contributed by atoms with van der Waals surface area (Å²) in [6.07, 6.45) is 3.18. The van der Waals surface area contributed by atoms with Crippen LogP contribution < -0.4 is 20.3 Å². The van der Waals surface area contributed by atoms with Gasteiger partial charge in [-0.05, 0) is 34.5 Å². The Bertz CT molecular complexity index is 465. The van der Waals surface area contributed by atoms with Crippen molar-refractivity contribution >= 4 is 21.9 Å². The molecule has 6 heteroatoms. The molecule has 0 fully saturated rings. The number of methoxy groups -OCH3 is 1. The van der Waals surface area contributed by atoms with E-state index in [0.717, 1.165) is 19.3 Å². The first-order chi connectivity index (χ1) is 9.51. The van der Waals surface area contributed by atoms with Gasteiger partial charge in [-0.25, -0.2) is 0 Å². The highest BCUT2D eigenvalue weighted by Gasteiger charge is 2.17. The van der Waals surface area contributed by atoms with Crippen LogP contribution in [0.25, 0.3) is 0 Å². The lowest BCUT2D eigenvalue weighted by Gasteiger charge is -2.16. The zero-order chi connectivity index (χ0) is 15.1. The van der Waals surface area contributed by atoms with E-state index in [1.165, 1.54) is 7.11 Å². The highest BCUT2D eigenvalue weighted by molar-refractivity contribution is 9.10. The summed E-state index contributed by atoms with van der Waals surface area (Å²) < 4.78 is 11.6. The Kier molecular flexibility index (Phi) is 6.81. The van der Waals surface area contributed by atoms with Crippen LogP contribution in [0.3, 0.4) is 0 Å². The average molecular weight is 346 g/mol. The zero-order valence-electron chi connectivity index (χ0n) is 11.8. The fourth-order valence-corrected chi connectivity index (χ4v) is 2.32. The molecule has 0 amide bonds. The Labute approximate surface area is 127 Å². The van der Waals surface area contributed by atoms with E-state index in [1.807, 2.05) is 0 Å². The van der Waals surface area contributed by atoms with Gasteiger partial charge in [0.15, 0.2) is 17.5 Å². The van der Waals surface area contributed by atoms with Gasteiger partial charge < -0.3 is 25.1 Å². The van der Waals surface area contributed by atoms with E-state index in [-0.39, 0.29) is 0 Å². The number of rotatable bonds is 8. The first-order valence-electron chi connectivity index (χ1n) is 6.55. The van der Waals surface area contributed by atoms with Crippen molar-refractivity contribution in [2.45, 2.75) is 32.2 Å². The minimum atomic E-state index is -1.23. The molecule has 0 heterocycles. The second-order valence-electron chi connectivity index (χ2n) is 4.46. The van der Waals surface area contributed by atoms with Crippen LogP contribution in [0.4, 0.5) is 0 Å². The number of quaternary nitrogens is 1. The summed E-state index contributed by atoms with van der Waals surface area (Å²) in [6.45, 7) is 2.72. The maximum absolute atomic E-state index is 10.9. The van der Waals surface area contributed by atoms with Crippen molar-refractivity contribution in [3.63, 3.8) is 0 Å². The molecule has 112 valence electrons. The van der Waals surface area contributed by atoms with Gasteiger partial charge in [-0.3, -0.25) is 0 Å².